The molecular formula is C12H12ClN3S. The summed E-state index contributed by atoms with van der Waals surface area (Å²) in [5.74, 6) is 0. The summed E-state index contributed by atoms with van der Waals surface area (Å²) in [6, 6.07) is 5.66. The molecule has 2 rings (SSSR count). The molecule has 1 aromatic carbocycles. The summed E-state index contributed by atoms with van der Waals surface area (Å²) in [5.41, 5.74) is 7.74. The standard InChI is InChI=1S/C12H12ClN3S/c1-8-6-15-12(16-7-8)17-11-3-2-10(13)4-9(11)5-14/h2-4,6-7H,5,14H2,1H3. The van der Waals surface area contributed by atoms with Gasteiger partial charge in [-0.05, 0) is 48.0 Å². The lowest BCUT2D eigenvalue weighted by atomic mass is 10.2. The Morgan fingerprint density at radius 2 is 2.00 bits per heavy atom. The molecule has 0 aliphatic heterocycles. The first-order valence-corrected chi connectivity index (χ1v) is 6.33. The van der Waals surface area contributed by atoms with Crippen molar-refractivity contribution in [1.29, 1.82) is 0 Å². The first kappa shape index (κ1) is 12.4. The highest BCUT2D eigenvalue weighted by atomic mass is 35.5. The Balaban J connectivity index is 2.26. The number of hydrogen-bond acceptors (Lipinski definition) is 4. The van der Waals surface area contributed by atoms with Crippen molar-refractivity contribution < 1.29 is 0 Å². The van der Waals surface area contributed by atoms with Gasteiger partial charge in [-0.25, -0.2) is 9.97 Å². The van der Waals surface area contributed by atoms with Gasteiger partial charge in [-0.3, -0.25) is 0 Å². The Kier molecular flexibility index (Phi) is 3.99. The summed E-state index contributed by atoms with van der Waals surface area (Å²) in [6.45, 7) is 2.41. The maximum absolute atomic E-state index is 5.92. The van der Waals surface area contributed by atoms with Crippen LogP contribution in [0, 0.1) is 6.92 Å². The molecule has 0 radical (unpaired) electrons. The smallest absolute Gasteiger partial charge is 0.192 e. The SMILES string of the molecule is Cc1cnc(Sc2ccc(Cl)cc2CN)nc1. The molecule has 0 saturated carbocycles. The molecule has 88 valence electrons. The van der Waals surface area contributed by atoms with Gasteiger partial charge in [0.2, 0.25) is 0 Å². The molecule has 17 heavy (non-hydrogen) atoms. The number of hydrogen-bond donors (Lipinski definition) is 1. The van der Waals surface area contributed by atoms with Crippen LogP contribution in [0.1, 0.15) is 11.1 Å². The van der Waals surface area contributed by atoms with Crippen molar-refractivity contribution in [3.8, 4) is 0 Å². The maximum atomic E-state index is 5.92. The lowest BCUT2D eigenvalue weighted by Crippen LogP contribution is -1.98. The highest BCUT2D eigenvalue weighted by Crippen LogP contribution is 2.29. The minimum absolute atomic E-state index is 0.453. The zero-order valence-electron chi connectivity index (χ0n) is 9.35. The van der Waals surface area contributed by atoms with Crippen LogP contribution >= 0.6 is 23.4 Å². The molecule has 0 atom stereocenters. The molecule has 0 amide bonds. The molecule has 1 heterocycles. The van der Waals surface area contributed by atoms with E-state index in [-0.39, 0.29) is 0 Å². The molecule has 0 fully saturated rings. The number of nitrogens with zero attached hydrogens (tertiary/aromatic N) is 2. The van der Waals surface area contributed by atoms with E-state index >= 15 is 0 Å². The molecule has 1 aromatic heterocycles. The van der Waals surface area contributed by atoms with E-state index in [0.29, 0.717) is 16.7 Å². The van der Waals surface area contributed by atoms with Crippen LogP contribution in [0.2, 0.25) is 5.02 Å². The lowest BCUT2D eigenvalue weighted by molar-refractivity contribution is 0.945. The van der Waals surface area contributed by atoms with Gasteiger partial charge in [0.1, 0.15) is 0 Å². The van der Waals surface area contributed by atoms with Gasteiger partial charge < -0.3 is 5.73 Å². The second-order valence-electron chi connectivity index (χ2n) is 3.60. The van der Waals surface area contributed by atoms with Gasteiger partial charge in [0, 0.05) is 28.9 Å². The van der Waals surface area contributed by atoms with E-state index in [9.17, 15) is 0 Å². The Morgan fingerprint density at radius 3 is 2.65 bits per heavy atom. The predicted molar refractivity (Wildman–Crippen MR) is 70.2 cm³/mol. The van der Waals surface area contributed by atoms with Gasteiger partial charge in [-0.15, -0.1) is 0 Å². The molecule has 5 heteroatoms. The second kappa shape index (κ2) is 5.49. The number of aryl methyl sites for hydroxylation is 1. The van der Waals surface area contributed by atoms with Crippen LogP contribution in [0.4, 0.5) is 0 Å². The molecule has 0 aliphatic carbocycles. The first-order valence-electron chi connectivity index (χ1n) is 5.14. The van der Waals surface area contributed by atoms with Crippen molar-refractivity contribution in [3.63, 3.8) is 0 Å². The van der Waals surface area contributed by atoms with Gasteiger partial charge in [-0.2, -0.15) is 0 Å². The Labute approximate surface area is 109 Å². The van der Waals surface area contributed by atoms with E-state index in [1.54, 1.807) is 12.4 Å². The Hall–Kier alpha value is -1.10. The molecule has 0 saturated heterocycles. The van der Waals surface area contributed by atoms with Crippen molar-refractivity contribution in [2.75, 3.05) is 0 Å². The van der Waals surface area contributed by atoms with Crippen LogP contribution in [0.25, 0.3) is 0 Å². The van der Waals surface area contributed by atoms with Crippen molar-refractivity contribution in [3.05, 3.63) is 46.7 Å². The Morgan fingerprint density at radius 1 is 1.29 bits per heavy atom. The zero-order chi connectivity index (χ0) is 12.3. The van der Waals surface area contributed by atoms with E-state index in [0.717, 1.165) is 16.0 Å². The summed E-state index contributed by atoms with van der Waals surface area (Å²) in [4.78, 5) is 9.54. The second-order valence-corrected chi connectivity index (χ2v) is 5.05. The van der Waals surface area contributed by atoms with Crippen LogP contribution in [0.15, 0.2) is 40.6 Å². The van der Waals surface area contributed by atoms with E-state index < -0.39 is 0 Å². The van der Waals surface area contributed by atoms with Crippen LogP contribution in [-0.2, 0) is 6.54 Å². The quantitative estimate of drug-likeness (QED) is 0.867. The van der Waals surface area contributed by atoms with Crippen LogP contribution < -0.4 is 5.73 Å². The molecule has 2 N–H and O–H groups in total. The largest absolute Gasteiger partial charge is 0.326 e. The molecule has 3 nitrogen and oxygen atoms in total. The molecule has 2 aromatic rings. The summed E-state index contributed by atoms with van der Waals surface area (Å²) < 4.78 is 0. The summed E-state index contributed by atoms with van der Waals surface area (Å²) in [6.07, 6.45) is 3.60. The highest BCUT2D eigenvalue weighted by Gasteiger charge is 2.06. The van der Waals surface area contributed by atoms with Crippen molar-refractivity contribution >= 4 is 23.4 Å². The summed E-state index contributed by atoms with van der Waals surface area (Å²) in [5, 5.41) is 1.41. The average Bonchev–Trinajstić information content (AvgIpc) is 2.34. The van der Waals surface area contributed by atoms with Crippen LogP contribution in [-0.4, -0.2) is 9.97 Å². The summed E-state index contributed by atoms with van der Waals surface area (Å²) >= 11 is 7.42. The number of halogens is 1. The van der Waals surface area contributed by atoms with Crippen LogP contribution in [0.5, 0.6) is 0 Å². The van der Waals surface area contributed by atoms with E-state index in [2.05, 4.69) is 9.97 Å². The highest BCUT2D eigenvalue weighted by molar-refractivity contribution is 7.99. The molecule has 0 unspecified atom stereocenters. The minimum atomic E-state index is 0.453. The fourth-order valence-electron chi connectivity index (χ4n) is 1.34. The predicted octanol–water partition coefficient (Wildman–Crippen LogP) is 3.05. The molecule has 0 aliphatic rings. The molecule has 0 spiro atoms. The third kappa shape index (κ3) is 3.19. The van der Waals surface area contributed by atoms with E-state index in [1.165, 1.54) is 11.8 Å². The maximum Gasteiger partial charge on any atom is 0.192 e. The summed E-state index contributed by atoms with van der Waals surface area (Å²) in [7, 11) is 0. The fourth-order valence-corrected chi connectivity index (χ4v) is 2.35. The number of aromatic nitrogens is 2. The third-order valence-corrected chi connectivity index (χ3v) is 3.45. The monoisotopic (exact) mass is 265 g/mol. The minimum Gasteiger partial charge on any atom is -0.326 e. The van der Waals surface area contributed by atoms with Crippen molar-refractivity contribution in [1.82, 2.24) is 9.97 Å². The lowest BCUT2D eigenvalue weighted by Gasteiger charge is -2.06. The number of benzene rings is 1. The third-order valence-electron chi connectivity index (χ3n) is 2.20. The normalized spacial score (nSPS) is 10.5. The van der Waals surface area contributed by atoms with E-state index in [1.807, 2.05) is 25.1 Å². The Bertz CT molecular complexity index is 514. The van der Waals surface area contributed by atoms with Gasteiger partial charge >= 0.3 is 0 Å². The van der Waals surface area contributed by atoms with Crippen molar-refractivity contribution in [2.24, 2.45) is 5.73 Å². The first-order chi connectivity index (χ1) is 8.19. The number of rotatable bonds is 3. The van der Waals surface area contributed by atoms with Gasteiger partial charge in [0.15, 0.2) is 5.16 Å². The van der Waals surface area contributed by atoms with Gasteiger partial charge in [0.25, 0.3) is 0 Å². The molecular weight excluding hydrogens is 254 g/mol. The van der Waals surface area contributed by atoms with E-state index in [4.69, 9.17) is 17.3 Å². The zero-order valence-corrected chi connectivity index (χ0v) is 10.9. The van der Waals surface area contributed by atoms with Crippen molar-refractivity contribution in [2.45, 2.75) is 23.5 Å². The topological polar surface area (TPSA) is 51.8 Å². The van der Waals surface area contributed by atoms with Crippen LogP contribution in [0.3, 0.4) is 0 Å². The molecule has 0 bridgehead atoms. The van der Waals surface area contributed by atoms with Gasteiger partial charge in [0.05, 0.1) is 0 Å². The fraction of sp³-hybridized carbons (Fsp3) is 0.167. The van der Waals surface area contributed by atoms with Gasteiger partial charge in [-0.1, -0.05) is 11.6 Å². The number of nitrogens with two attached hydrogens (primary N) is 1. The average molecular weight is 266 g/mol.